The molecule has 0 aliphatic heterocycles. The molecule has 0 aliphatic rings. The van der Waals surface area contributed by atoms with E-state index in [1.54, 1.807) is 17.7 Å². The monoisotopic (exact) mass is 472 g/mol. The van der Waals surface area contributed by atoms with Crippen molar-refractivity contribution in [3.05, 3.63) is 77.0 Å². The number of fused-ring (bicyclic) bond motifs is 2. The maximum atomic E-state index is 14.3. The van der Waals surface area contributed by atoms with Crippen molar-refractivity contribution in [1.82, 2.24) is 15.0 Å². The first kappa shape index (κ1) is 22.5. The van der Waals surface area contributed by atoms with E-state index in [4.69, 9.17) is 0 Å². The number of nitrogens with one attached hydrogen (secondary N) is 2. The molecule has 0 amide bonds. The lowest BCUT2D eigenvalue weighted by molar-refractivity contribution is 0.590. The maximum absolute atomic E-state index is 14.3. The second-order valence-corrected chi connectivity index (χ2v) is 10.9. The Bertz CT molecular complexity index is 1490. The van der Waals surface area contributed by atoms with Crippen molar-refractivity contribution in [3.8, 4) is 10.4 Å². The quantitative estimate of drug-likeness (QED) is 0.278. The molecule has 34 heavy (non-hydrogen) atoms. The van der Waals surface area contributed by atoms with Gasteiger partial charge in [-0.1, -0.05) is 51.1 Å². The van der Waals surface area contributed by atoms with Gasteiger partial charge in [-0.15, -0.1) is 11.3 Å². The Labute approximate surface area is 203 Å². The molecule has 2 N–H and O–H groups in total. The number of aromatic nitrogens is 3. The molecule has 0 unspecified atom stereocenters. The summed E-state index contributed by atoms with van der Waals surface area (Å²) in [6, 6.07) is 14.3. The maximum Gasteiger partial charge on any atom is 0.147 e. The van der Waals surface area contributed by atoms with E-state index in [1.165, 1.54) is 22.1 Å². The van der Waals surface area contributed by atoms with E-state index in [9.17, 15) is 4.39 Å². The molecule has 0 aliphatic carbocycles. The van der Waals surface area contributed by atoms with Gasteiger partial charge in [0.05, 0.1) is 15.7 Å². The zero-order chi connectivity index (χ0) is 24.0. The van der Waals surface area contributed by atoms with E-state index >= 15 is 0 Å². The van der Waals surface area contributed by atoms with Crippen LogP contribution < -0.4 is 5.32 Å². The van der Waals surface area contributed by atoms with E-state index in [-0.39, 0.29) is 11.2 Å². The number of nitrogens with zero attached hydrogens (tertiary/aromatic N) is 2. The molecular formula is C28H29FN4S. The summed E-state index contributed by atoms with van der Waals surface area (Å²) in [7, 11) is 0. The Balaban J connectivity index is 1.39. The normalized spacial score (nSPS) is 12.1. The van der Waals surface area contributed by atoms with Crippen molar-refractivity contribution in [2.75, 3.05) is 11.9 Å². The van der Waals surface area contributed by atoms with E-state index in [0.29, 0.717) is 12.1 Å². The lowest BCUT2D eigenvalue weighted by Gasteiger charge is -2.18. The van der Waals surface area contributed by atoms with Crippen LogP contribution in [0.15, 0.2) is 48.8 Å². The van der Waals surface area contributed by atoms with Crippen molar-refractivity contribution in [2.24, 2.45) is 0 Å². The standard InChI is InChI=1S/C28H29FN4S/c1-16-6-11-21(29)25-24(16)20(17(2)33-25)12-13-30-27-26-22(31-15-32-27)14-23(34-26)18-7-9-19(10-8-18)28(3,4)5/h6-11,14-15,33H,12-13H2,1-5H3,(H,30,31,32). The molecule has 5 rings (SSSR count). The fourth-order valence-electron chi connectivity index (χ4n) is 4.52. The number of hydrogen-bond donors (Lipinski definition) is 2. The van der Waals surface area contributed by atoms with Crippen LogP contribution in [0, 0.1) is 19.7 Å². The third-order valence-electron chi connectivity index (χ3n) is 6.44. The van der Waals surface area contributed by atoms with E-state index in [1.807, 2.05) is 19.9 Å². The minimum absolute atomic E-state index is 0.134. The van der Waals surface area contributed by atoms with Crippen LogP contribution in [0.2, 0.25) is 0 Å². The van der Waals surface area contributed by atoms with Crippen LogP contribution in [-0.2, 0) is 11.8 Å². The Morgan fingerprint density at radius 2 is 1.79 bits per heavy atom. The first-order valence-electron chi connectivity index (χ1n) is 11.6. The molecule has 6 heteroatoms. The Morgan fingerprint density at radius 3 is 2.53 bits per heavy atom. The average molecular weight is 473 g/mol. The van der Waals surface area contributed by atoms with E-state index in [0.717, 1.165) is 44.7 Å². The van der Waals surface area contributed by atoms with Gasteiger partial charge in [0.1, 0.15) is 18.0 Å². The predicted octanol–water partition coefficient (Wildman–Crippen LogP) is 7.55. The number of aryl methyl sites for hydroxylation is 2. The van der Waals surface area contributed by atoms with Gasteiger partial charge in [0.25, 0.3) is 0 Å². The molecule has 0 saturated carbocycles. The highest BCUT2D eigenvalue weighted by atomic mass is 32.1. The predicted molar refractivity (Wildman–Crippen MR) is 141 cm³/mol. The van der Waals surface area contributed by atoms with Crippen molar-refractivity contribution in [3.63, 3.8) is 0 Å². The molecule has 0 fully saturated rings. The average Bonchev–Trinajstić information content (AvgIpc) is 3.38. The van der Waals surface area contributed by atoms with Crippen LogP contribution >= 0.6 is 11.3 Å². The highest BCUT2D eigenvalue weighted by Crippen LogP contribution is 2.36. The number of halogens is 1. The number of anilines is 1. The second-order valence-electron chi connectivity index (χ2n) is 9.89. The van der Waals surface area contributed by atoms with Gasteiger partial charge in [-0.2, -0.15) is 0 Å². The Kier molecular flexibility index (Phi) is 5.64. The van der Waals surface area contributed by atoms with Crippen LogP contribution in [0.1, 0.15) is 43.2 Å². The van der Waals surface area contributed by atoms with Gasteiger partial charge < -0.3 is 10.3 Å². The highest BCUT2D eigenvalue weighted by molar-refractivity contribution is 7.22. The Hall–Kier alpha value is -3.25. The molecule has 5 aromatic rings. The van der Waals surface area contributed by atoms with Crippen LogP contribution in [0.25, 0.3) is 31.6 Å². The fraction of sp³-hybridized carbons (Fsp3) is 0.286. The number of benzene rings is 2. The van der Waals surface area contributed by atoms with Gasteiger partial charge in [0.15, 0.2) is 0 Å². The van der Waals surface area contributed by atoms with E-state index < -0.39 is 0 Å². The third kappa shape index (κ3) is 4.07. The molecule has 3 aromatic heterocycles. The number of thiophene rings is 1. The first-order chi connectivity index (χ1) is 16.2. The summed E-state index contributed by atoms with van der Waals surface area (Å²) in [5.41, 5.74) is 7.42. The molecule has 174 valence electrons. The molecule has 0 spiro atoms. The lowest BCUT2D eigenvalue weighted by atomic mass is 9.86. The van der Waals surface area contributed by atoms with Crippen molar-refractivity contribution < 1.29 is 4.39 Å². The lowest BCUT2D eigenvalue weighted by Crippen LogP contribution is -2.10. The smallest absolute Gasteiger partial charge is 0.147 e. The Morgan fingerprint density at radius 1 is 1.03 bits per heavy atom. The van der Waals surface area contributed by atoms with Crippen LogP contribution in [0.5, 0.6) is 0 Å². The number of H-pyrrole nitrogens is 1. The van der Waals surface area contributed by atoms with Gasteiger partial charge in [-0.3, -0.25) is 0 Å². The van der Waals surface area contributed by atoms with Crippen molar-refractivity contribution in [1.29, 1.82) is 0 Å². The molecule has 2 aromatic carbocycles. The van der Waals surface area contributed by atoms with Crippen molar-refractivity contribution >= 4 is 38.3 Å². The molecule has 0 atom stereocenters. The number of hydrogen-bond acceptors (Lipinski definition) is 4. The summed E-state index contributed by atoms with van der Waals surface area (Å²) < 4.78 is 15.3. The summed E-state index contributed by atoms with van der Waals surface area (Å²) in [6.07, 6.45) is 2.38. The molecular weight excluding hydrogens is 443 g/mol. The number of aromatic amines is 1. The van der Waals surface area contributed by atoms with Crippen LogP contribution in [0.3, 0.4) is 0 Å². The molecule has 0 radical (unpaired) electrons. The first-order valence-corrected chi connectivity index (χ1v) is 12.4. The second kappa shape index (κ2) is 8.51. The summed E-state index contributed by atoms with van der Waals surface area (Å²) in [5, 5.41) is 4.49. The van der Waals surface area contributed by atoms with Crippen LogP contribution in [0.4, 0.5) is 10.2 Å². The molecule has 0 bridgehead atoms. The van der Waals surface area contributed by atoms with Crippen molar-refractivity contribution in [2.45, 2.75) is 46.5 Å². The minimum atomic E-state index is -0.206. The summed E-state index contributed by atoms with van der Waals surface area (Å²) in [4.78, 5) is 13.4. The number of rotatable bonds is 5. The highest BCUT2D eigenvalue weighted by Gasteiger charge is 2.16. The topological polar surface area (TPSA) is 53.6 Å². The SMILES string of the molecule is Cc1[nH]c2c(F)ccc(C)c2c1CCNc1ncnc2cc(-c3ccc(C(C)(C)C)cc3)sc12. The zero-order valence-corrected chi connectivity index (χ0v) is 21.0. The zero-order valence-electron chi connectivity index (χ0n) is 20.2. The van der Waals surface area contributed by atoms with Gasteiger partial charge in [0, 0.05) is 22.5 Å². The minimum Gasteiger partial charge on any atom is -0.368 e. The third-order valence-corrected chi connectivity index (χ3v) is 7.62. The molecule has 4 nitrogen and oxygen atoms in total. The summed E-state index contributed by atoms with van der Waals surface area (Å²) in [6.45, 7) is 11.4. The van der Waals surface area contributed by atoms with Crippen LogP contribution in [-0.4, -0.2) is 21.5 Å². The summed E-state index contributed by atoms with van der Waals surface area (Å²) in [5.74, 6) is 0.634. The van der Waals surface area contributed by atoms with Gasteiger partial charge >= 0.3 is 0 Å². The fourth-order valence-corrected chi connectivity index (χ4v) is 5.60. The largest absolute Gasteiger partial charge is 0.368 e. The van der Waals surface area contributed by atoms with Gasteiger partial charge in [-0.25, -0.2) is 14.4 Å². The van der Waals surface area contributed by atoms with Gasteiger partial charge in [-0.05, 0) is 60.1 Å². The van der Waals surface area contributed by atoms with Gasteiger partial charge in [0.2, 0.25) is 0 Å². The molecule has 0 saturated heterocycles. The molecule has 3 heterocycles. The summed E-state index contributed by atoms with van der Waals surface area (Å²) >= 11 is 1.71. The van der Waals surface area contributed by atoms with E-state index in [2.05, 4.69) is 71.4 Å².